The first-order valence-electron chi connectivity index (χ1n) is 10.6. The number of benzene rings is 3. The highest BCUT2D eigenvalue weighted by Crippen LogP contribution is 2.21. The molecule has 0 fully saturated rings. The van der Waals surface area contributed by atoms with E-state index < -0.39 is 0 Å². The Balaban J connectivity index is 1.49. The third-order valence-electron chi connectivity index (χ3n) is 5.10. The SMILES string of the molecule is CC(C)c1ccc(/C=N/NC(=O)CSc2nc3ccccc3c(=O)n2-c2ccccc2)cc1. The van der Waals surface area contributed by atoms with Crippen molar-refractivity contribution in [1.29, 1.82) is 0 Å². The molecule has 0 aliphatic carbocycles. The summed E-state index contributed by atoms with van der Waals surface area (Å²) in [4.78, 5) is 30.2. The van der Waals surface area contributed by atoms with Crippen molar-refractivity contribution in [2.24, 2.45) is 5.10 Å². The predicted molar refractivity (Wildman–Crippen MR) is 134 cm³/mol. The summed E-state index contributed by atoms with van der Waals surface area (Å²) in [6.07, 6.45) is 1.61. The molecular weight excluding hydrogens is 432 g/mol. The second kappa shape index (κ2) is 10.3. The van der Waals surface area contributed by atoms with E-state index in [1.54, 1.807) is 22.9 Å². The number of hydrazone groups is 1. The number of nitrogens with one attached hydrogen (secondary N) is 1. The number of carbonyl (C=O) groups is 1. The number of fused-ring (bicyclic) bond motifs is 1. The fourth-order valence-corrected chi connectivity index (χ4v) is 4.13. The molecule has 0 atom stereocenters. The Morgan fingerprint density at radius 1 is 1.03 bits per heavy atom. The van der Waals surface area contributed by atoms with Crippen LogP contribution in [0.2, 0.25) is 0 Å². The van der Waals surface area contributed by atoms with Crippen LogP contribution in [0.4, 0.5) is 0 Å². The van der Waals surface area contributed by atoms with Crippen molar-refractivity contribution in [1.82, 2.24) is 15.0 Å². The van der Waals surface area contributed by atoms with E-state index >= 15 is 0 Å². The van der Waals surface area contributed by atoms with Crippen molar-refractivity contribution in [3.05, 3.63) is 100 Å². The lowest BCUT2D eigenvalue weighted by Gasteiger charge is -2.12. The van der Waals surface area contributed by atoms with Crippen LogP contribution in [0.5, 0.6) is 0 Å². The van der Waals surface area contributed by atoms with Crippen molar-refractivity contribution in [3.63, 3.8) is 0 Å². The van der Waals surface area contributed by atoms with Crippen molar-refractivity contribution < 1.29 is 4.79 Å². The van der Waals surface area contributed by atoms with Gasteiger partial charge in [-0.2, -0.15) is 5.10 Å². The van der Waals surface area contributed by atoms with Crippen LogP contribution < -0.4 is 11.0 Å². The van der Waals surface area contributed by atoms with Gasteiger partial charge in [-0.3, -0.25) is 14.2 Å². The standard InChI is InChI=1S/C26H24N4O2S/c1-18(2)20-14-12-19(13-15-20)16-27-29-24(31)17-33-26-28-23-11-7-6-10-22(23)25(32)30(26)21-8-4-3-5-9-21/h3-16,18H,17H2,1-2H3,(H,29,31)/b27-16+. The molecule has 0 radical (unpaired) electrons. The Morgan fingerprint density at radius 2 is 1.73 bits per heavy atom. The summed E-state index contributed by atoms with van der Waals surface area (Å²) >= 11 is 1.20. The van der Waals surface area contributed by atoms with Gasteiger partial charge in [0.25, 0.3) is 11.5 Å². The molecule has 0 saturated carbocycles. The lowest BCUT2D eigenvalue weighted by Crippen LogP contribution is -2.24. The molecule has 1 N–H and O–H groups in total. The summed E-state index contributed by atoms with van der Waals surface area (Å²) in [5, 5.41) is 5.03. The zero-order valence-corrected chi connectivity index (χ0v) is 19.3. The van der Waals surface area contributed by atoms with E-state index in [1.807, 2.05) is 54.6 Å². The molecule has 0 spiro atoms. The van der Waals surface area contributed by atoms with Crippen molar-refractivity contribution in [2.45, 2.75) is 24.9 Å². The smallest absolute Gasteiger partial charge is 0.266 e. The summed E-state index contributed by atoms with van der Waals surface area (Å²) in [6.45, 7) is 4.28. The van der Waals surface area contributed by atoms with Crippen molar-refractivity contribution in [3.8, 4) is 5.69 Å². The van der Waals surface area contributed by atoms with Crippen LogP contribution in [0, 0.1) is 0 Å². The van der Waals surface area contributed by atoms with Crippen molar-refractivity contribution in [2.75, 3.05) is 5.75 Å². The zero-order valence-electron chi connectivity index (χ0n) is 18.4. The third kappa shape index (κ3) is 5.38. The quantitative estimate of drug-likeness (QED) is 0.188. The number of aromatic nitrogens is 2. The first-order chi connectivity index (χ1) is 16.0. The number of para-hydroxylation sites is 2. The summed E-state index contributed by atoms with van der Waals surface area (Å²) in [6, 6.07) is 24.6. The molecule has 3 aromatic carbocycles. The van der Waals surface area contributed by atoms with Crippen molar-refractivity contribution >= 4 is 34.8 Å². The predicted octanol–water partition coefficient (Wildman–Crippen LogP) is 4.75. The number of nitrogens with zero attached hydrogens (tertiary/aromatic N) is 3. The highest BCUT2D eigenvalue weighted by Gasteiger charge is 2.14. The van der Waals surface area contributed by atoms with E-state index in [2.05, 4.69) is 41.5 Å². The van der Waals surface area contributed by atoms with Gasteiger partial charge in [-0.25, -0.2) is 10.4 Å². The molecule has 166 valence electrons. The molecule has 0 bridgehead atoms. The molecule has 0 aliphatic rings. The van der Waals surface area contributed by atoms with Gasteiger partial charge in [-0.15, -0.1) is 0 Å². The minimum Gasteiger partial charge on any atom is -0.272 e. The molecule has 1 amide bonds. The molecule has 1 aromatic heterocycles. The Labute approximate surface area is 196 Å². The molecule has 0 saturated heterocycles. The van der Waals surface area contributed by atoms with E-state index in [9.17, 15) is 9.59 Å². The molecular formula is C26H24N4O2S. The first-order valence-corrected chi connectivity index (χ1v) is 11.6. The van der Waals surface area contributed by atoms with Gasteiger partial charge in [0.2, 0.25) is 0 Å². The van der Waals surface area contributed by atoms with Gasteiger partial charge in [0.15, 0.2) is 5.16 Å². The highest BCUT2D eigenvalue weighted by atomic mass is 32.2. The average Bonchev–Trinajstić information content (AvgIpc) is 2.84. The average molecular weight is 457 g/mol. The van der Waals surface area contributed by atoms with Gasteiger partial charge in [0.1, 0.15) is 0 Å². The van der Waals surface area contributed by atoms with E-state index in [0.29, 0.717) is 27.7 Å². The van der Waals surface area contributed by atoms with Crippen LogP contribution in [0.3, 0.4) is 0 Å². The van der Waals surface area contributed by atoms with Gasteiger partial charge in [0, 0.05) is 0 Å². The summed E-state index contributed by atoms with van der Waals surface area (Å²) in [5.41, 5.74) is 5.83. The van der Waals surface area contributed by atoms with E-state index in [0.717, 1.165) is 5.56 Å². The molecule has 33 heavy (non-hydrogen) atoms. The molecule has 0 aliphatic heterocycles. The maximum absolute atomic E-state index is 13.2. The fourth-order valence-electron chi connectivity index (χ4n) is 3.32. The Morgan fingerprint density at radius 3 is 2.45 bits per heavy atom. The molecule has 0 unspecified atom stereocenters. The van der Waals surface area contributed by atoms with Crippen LogP contribution in [0.25, 0.3) is 16.6 Å². The van der Waals surface area contributed by atoms with Crippen LogP contribution in [-0.4, -0.2) is 27.4 Å². The summed E-state index contributed by atoms with van der Waals surface area (Å²) in [7, 11) is 0. The molecule has 6 nitrogen and oxygen atoms in total. The molecule has 7 heteroatoms. The van der Waals surface area contributed by atoms with E-state index in [-0.39, 0.29) is 17.2 Å². The van der Waals surface area contributed by atoms with Gasteiger partial charge in [-0.05, 0) is 41.3 Å². The normalized spacial score (nSPS) is 11.4. The molecule has 1 heterocycles. The topological polar surface area (TPSA) is 76.3 Å². The van der Waals surface area contributed by atoms with Crippen LogP contribution in [-0.2, 0) is 4.79 Å². The number of amides is 1. The maximum Gasteiger partial charge on any atom is 0.266 e. The van der Waals surface area contributed by atoms with Gasteiger partial charge in [0.05, 0.1) is 28.6 Å². The summed E-state index contributed by atoms with van der Waals surface area (Å²) in [5.74, 6) is 0.253. The Hall–Kier alpha value is -3.71. The number of rotatable bonds is 7. The lowest BCUT2D eigenvalue weighted by atomic mass is 10.0. The van der Waals surface area contributed by atoms with Gasteiger partial charge in [-0.1, -0.05) is 80.2 Å². The molecule has 4 rings (SSSR count). The van der Waals surface area contributed by atoms with E-state index in [4.69, 9.17) is 0 Å². The van der Waals surface area contributed by atoms with Crippen LogP contribution in [0.1, 0.15) is 30.9 Å². The second-order valence-corrected chi connectivity index (χ2v) is 8.73. The largest absolute Gasteiger partial charge is 0.272 e. The van der Waals surface area contributed by atoms with Crippen LogP contribution in [0.15, 0.2) is 93.9 Å². The Kier molecular flexibility index (Phi) is 7.00. The minimum atomic E-state index is -0.280. The Bertz CT molecular complexity index is 1350. The van der Waals surface area contributed by atoms with Gasteiger partial charge < -0.3 is 0 Å². The van der Waals surface area contributed by atoms with E-state index in [1.165, 1.54) is 17.3 Å². The fraction of sp³-hybridized carbons (Fsp3) is 0.154. The first kappa shape index (κ1) is 22.5. The lowest BCUT2D eigenvalue weighted by molar-refractivity contribution is -0.118. The monoisotopic (exact) mass is 456 g/mol. The third-order valence-corrected chi connectivity index (χ3v) is 6.04. The maximum atomic E-state index is 13.2. The number of hydrogen-bond acceptors (Lipinski definition) is 5. The number of carbonyl (C=O) groups excluding carboxylic acids is 1. The number of hydrogen-bond donors (Lipinski definition) is 1. The number of thioether (sulfide) groups is 1. The summed E-state index contributed by atoms with van der Waals surface area (Å²) < 4.78 is 1.54. The molecule has 4 aromatic rings. The minimum absolute atomic E-state index is 0.0707. The van der Waals surface area contributed by atoms with Gasteiger partial charge >= 0.3 is 0 Å². The highest BCUT2D eigenvalue weighted by molar-refractivity contribution is 7.99. The zero-order chi connectivity index (χ0) is 23.2. The second-order valence-electron chi connectivity index (χ2n) is 7.79. The van der Waals surface area contributed by atoms with Crippen LogP contribution >= 0.6 is 11.8 Å².